The topological polar surface area (TPSA) is 65.8 Å². The van der Waals surface area contributed by atoms with Crippen LogP contribution in [0.5, 0.6) is 5.75 Å². The minimum absolute atomic E-state index is 0.0685. The zero-order chi connectivity index (χ0) is 22.2. The number of carbonyl (C=O) groups is 1. The average molecular weight is 431 g/mol. The molecule has 1 N–H and O–H groups in total. The van der Waals surface area contributed by atoms with Gasteiger partial charge in [0.2, 0.25) is 5.43 Å². The van der Waals surface area contributed by atoms with Crippen molar-refractivity contribution in [1.29, 1.82) is 0 Å². The summed E-state index contributed by atoms with van der Waals surface area (Å²) < 4.78 is 15.8. The van der Waals surface area contributed by atoms with Crippen molar-refractivity contribution in [3.63, 3.8) is 0 Å². The Morgan fingerprint density at radius 1 is 1.00 bits per heavy atom. The van der Waals surface area contributed by atoms with Gasteiger partial charge in [0, 0.05) is 18.8 Å². The fourth-order valence-electron chi connectivity index (χ4n) is 4.50. The van der Waals surface area contributed by atoms with E-state index < -0.39 is 17.1 Å². The van der Waals surface area contributed by atoms with Gasteiger partial charge in [0.25, 0.3) is 5.91 Å². The Bertz CT molecular complexity index is 1270. The van der Waals surface area contributed by atoms with Crippen LogP contribution in [0.15, 0.2) is 77.7 Å². The molecule has 7 heteroatoms. The summed E-state index contributed by atoms with van der Waals surface area (Å²) in [5.74, 6) is -1.28. The molecule has 0 fully saturated rings. The van der Waals surface area contributed by atoms with Crippen LogP contribution in [0, 0.1) is 5.82 Å². The number of nitrogens with zero attached hydrogens (tertiary/aromatic N) is 3. The number of aromatic nitrogens is 1. The third kappa shape index (κ3) is 3.36. The molecule has 0 spiro atoms. The van der Waals surface area contributed by atoms with E-state index in [4.69, 9.17) is 0 Å². The first kappa shape index (κ1) is 20.1. The molecule has 2 aliphatic heterocycles. The number of hydrogen-bond acceptors (Lipinski definition) is 4. The number of hydrogen-bond donors (Lipinski definition) is 1. The predicted octanol–water partition coefficient (Wildman–Crippen LogP) is 3.34. The van der Waals surface area contributed by atoms with Gasteiger partial charge >= 0.3 is 0 Å². The lowest BCUT2D eigenvalue weighted by atomic mass is 9.91. The number of carbonyl (C=O) groups excluding carboxylic acids is 1. The second-order valence-electron chi connectivity index (χ2n) is 8.00. The van der Waals surface area contributed by atoms with Crippen LogP contribution in [0.4, 0.5) is 4.39 Å². The van der Waals surface area contributed by atoms with Gasteiger partial charge in [0.15, 0.2) is 11.4 Å². The lowest BCUT2D eigenvalue weighted by Gasteiger charge is -2.44. The number of aromatic hydroxyl groups is 1. The van der Waals surface area contributed by atoms with Crippen molar-refractivity contribution in [3.05, 3.63) is 111 Å². The Labute approximate surface area is 184 Å². The maximum absolute atomic E-state index is 14.2. The zero-order valence-electron chi connectivity index (χ0n) is 17.3. The molecule has 2 aliphatic rings. The van der Waals surface area contributed by atoms with E-state index in [9.17, 15) is 19.1 Å². The number of allylic oxidation sites excluding steroid dienone is 1. The van der Waals surface area contributed by atoms with Crippen LogP contribution in [-0.4, -0.2) is 33.8 Å². The van der Waals surface area contributed by atoms with Crippen molar-refractivity contribution < 1.29 is 14.3 Å². The number of benzene rings is 2. The van der Waals surface area contributed by atoms with E-state index in [0.717, 1.165) is 16.7 Å². The van der Waals surface area contributed by atoms with Gasteiger partial charge in [-0.2, -0.15) is 0 Å². The number of halogens is 1. The Hall–Kier alpha value is -3.87. The van der Waals surface area contributed by atoms with Crippen molar-refractivity contribution in [2.24, 2.45) is 0 Å². The first-order valence-corrected chi connectivity index (χ1v) is 10.5. The molecule has 1 atom stereocenters. The molecule has 0 radical (unpaired) electrons. The standard InChI is InChI=1S/C25H22FN3O3/c26-19-10-11-20-18(15-19)9-5-2-6-13-27-16-29(22(20)17-7-3-1-4-8-17)28-14-12-21(30)24(31)23(28)25(27)32/h1-4,6-8,10-12,14-15,22,31H,5,9,13,16H2/b6-2-/t22-/m1/s1. The molecule has 2 aromatic carbocycles. The monoisotopic (exact) mass is 431 g/mol. The molecule has 1 aromatic heterocycles. The molecule has 162 valence electrons. The lowest BCUT2D eigenvalue weighted by molar-refractivity contribution is 0.0701. The van der Waals surface area contributed by atoms with Crippen molar-refractivity contribution >= 4 is 5.91 Å². The molecule has 1 amide bonds. The van der Waals surface area contributed by atoms with Crippen LogP contribution in [-0.2, 0) is 6.42 Å². The highest BCUT2D eigenvalue weighted by atomic mass is 19.1. The summed E-state index contributed by atoms with van der Waals surface area (Å²) in [7, 11) is 0. The summed E-state index contributed by atoms with van der Waals surface area (Å²) in [6, 6.07) is 15.4. The van der Waals surface area contributed by atoms with Crippen molar-refractivity contribution in [2.75, 3.05) is 18.2 Å². The number of amides is 1. The van der Waals surface area contributed by atoms with Crippen molar-refractivity contribution in [2.45, 2.75) is 18.9 Å². The summed E-state index contributed by atoms with van der Waals surface area (Å²) in [4.78, 5) is 26.9. The van der Waals surface area contributed by atoms with Gasteiger partial charge in [-0.3, -0.25) is 19.3 Å². The predicted molar refractivity (Wildman–Crippen MR) is 119 cm³/mol. The fraction of sp³-hybridized carbons (Fsp3) is 0.200. The highest BCUT2D eigenvalue weighted by Gasteiger charge is 2.36. The van der Waals surface area contributed by atoms with E-state index in [0.29, 0.717) is 19.4 Å². The van der Waals surface area contributed by atoms with Crippen LogP contribution in [0.25, 0.3) is 0 Å². The number of fused-ring (bicyclic) bond motifs is 5. The summed E-state index contributed by atoms with van der Waals surface area (Å²) in [5, 5.41) is 12.5. The van der Waals surface area contributed by atoms with Crippen LogP contribution in [0.2, 0.25) is 0 Å². The van der Waals surface area contributed by atoms with Gasteiger partial charge in [-0.15, -0.1) is 0 Å². The second-order valence-corrected chi connectivity index (χ2v) is 8.00. The Morgan fingerprint density at radius 3 is 2.62 bits per heavy atom. The lowest BCUT2D eigenvalue weighted by Crippen LogP contribution is -2.55. The normalized spacial score (nSPS) is 19.0. The molecule has 6 nitrogen and oxygen atoms in total. The third-order valence-electron chi connectivity index (χ3n) is 6.02. The molecular weight excluding hydrogens is 409 g/mol. The minimum atomic E-state index is -0.606. The highest BCUT2D eigenvalue weighted by molar-refractivity contribution is 5.96. The van der Waals surface area contributed by atoms with E-state index in [2.05, 4.69) is 0 Å². The van der Waals surface area contributed by atoms with Gasteiger partial charge in [0.05, 0.1) is 6.04 Å². The third-order valence-corrected chi connectivity index (χ3v) is 6.02. The highest BCUT2D eigenvalue weighted by Crippen LogP contribution is 2.34. The summed E-state index contributed by atoms with van der Waals surface area (Å²) >= 11 is 0. The number of pyridine rings is 1. The molecule has 0 unspecified atom stereocenters. The Kier molecular flexibility index (Phi) is 5.01. The average Bonchev–Trinajstić information content (AvgIpc) is 2.82. The molecule has 3 aromatic rings. The maximum Gasteiger partial charge on any atom is 0.278 e. The molecule has 2 bridgehead atoms. The molecule has 32 heavy (non-hydrogen) atoms. The smallest absolute Gasteiger partial charge is 0.278 e. The molecule has 0 aliphatic carbocycles. The van der Waals surface area contributed by atoms with Crippen LogP contribution in [0.3, 0.4) is 0 Å². The second kappa shape index (κ2) is 8.00. The van der Waals surface area contributed by atoms with Crippen molar-refractivity contribution in [1.82, 2.24) is 9.58 Å². The largest absolute Gasteiger partial charge is 0.502 e. The summed E-state index contributed by atoms with van der Waals surface area (Å²) in [6.07, 6.45) is 6.74. The molecule has 0 saturated heterocycles. The van der Waals surface area contributed by atoms with Gasteiger partial charge in [-0.25, -0.2) is 4.39 Å². The zero-order valence-corrected chi connectivity index (χ0v) is 17.3. The Balaban J connectivity index is 1.80. The number of aryl methyl sites for hydroxylation is 1. The summed E-state index contributed by atoms with van der Waals surface area (Å²) in [5.41, 5.74) is 2.06. The van der Waals surface area contributed by atoms with Gasteiger partial charge in [0.1, 0.15) is 12.5 Å². The van der Waals surface area contributed by atoms with Gasteiger partial charge in [-0.1, -0.05) is 48.6 Å². The maximum atomic E-state index is 14.2. The first-order valence-electron chi connectivity index (χ1n) is 10.5. The summed E-state index contributed by atoms with van der Waals surface area (Å²) in [6.45, 7) is 0.568. The molecule has 3 heterocycles. The fourth-order valence-corrected chi connectivity index (χ4v) is 4.50. The number of rotatable bonds is 1. The van der Waals surface area contributed by atoms with E-state index in [-0.39, 0.29) is 24.2 Å². The van der Waals surface area contributed by atoms with Crippen molar-refractivity contribution in [3.8, 4) is 5.75 Å². The van der Waals surface area contributed by atoms with Crippen LogP contribution in [0.1, 0.15) is 39.6 Å². The van der Waals surface area contributed by atoms with E-state index in [1.54, 1.807) is 21.7 Å². The minimum Gasteiger partial charge on any atom is -0.502 e. The quantitative estimate of drug-likeness (QED) is 0.601. The molecule has 0 saturated carbocycles. The van der Waals surface area contributed by atoms with Gasteiger partial charge < -0.3 is 10.0 Å². The van der Waals surface area contributed by atoms with E-state index >= 15 is 0 Å². The van der Waals surface area contributed by atoms with Gasteiger partial charge in [-0.05, 0) is 41.7 Å². The van der Waals surface area contributed by atoms with Crippen LogP contribution < -0.4 is 10.4 Å². The molecule has 5 rings (SSSR count). The SMILES string of the molecule is O=C1c2c(O)c(=O)ccn2N2CN1C/C=C\CCc1cc(F)ccc1[C@H]2c1ccccc1. The Morgan fingerprint density at radius 2 is 1.81 bits per heavy atom. The van der Waals surface area contributed by atoms with E-state index in [1.807, 2.05) is 47.5 Å². The van der Waals surface area contributed by atoms with Crippen LogP contribution >= 0.6 is 0 Å². The van der Waals surface area contributed by atoms with E-state index in [1.165, 1.54) is 18.3 Å². The first-order chi connectivity index (χ1) is 15.5. The molecular formula is C25H22FN3O3.